The maximum atomic E-state index is 12.4. The van der Waals surface area contributed by atoms with Crippen molar-refractivity contribution in [2.45, 2.75) is 32.4 Å². The predicted molar refractivity (Wildman–Crippen MR) is 69.2 cm³/mol. The Hall–Kier alpha value is -1.84. The maximum Gasteiger partial charge on any atom is 0.306 e. The summed E-state index contributed by atoms with van der Waals surface area (Å²) < 4.78 is 0. The van der Waals surface area contributed by atoms with Crippen molar-refractivity contribution in [1.29, 1.82) is 0 Å². The summed E-state index contributed by atoms with van der Waals surface area (Å²) in [6.45, 7) is 1.34. The van der Waals surface area contributed by atoms with Gasteiger partial charge in [-0.05, 0) is 30.4 Å². The molecule has 1 aliphatic heterocycles. The Morgan fingerprint density at radius 2 is 1.63 bits per heavy atom. The van der Waals surface area contributed by atoms with Crippen molar-refractivity contribution in [3.63, 3.8) is 0 Å². The summed E-state index contributed by atoms with van der Waals surface area (Å²) in [6.07, 6.45) is 1.84. The van der Waals surface area contributed by atoms with Crippen LogP contribution in [0.15, 0.2) is 24.3 Å². The van der Waals surface area contributed by atoms with Crippen molar-refractivity contribution in [1.82, 2.24) is 4.90 Å². The van der Waals surface area contributed by atoms with Gasteiger partial charge in [0.05, 0.1) is 5.92 Å². The second-order valence-corrected chi connectivity index (χ2v) is 5.51. The number of carboxylic acids is 1. The first-order chi connectivity index (χ1) is 9.15. The van der Waals surface area contributed by atoms with Gasteiger partial charge in [0.2, 0.25) is 5.91 Å². The fourth-order valence-electron chi connectivity index (χ4n) is 3.18. The zero-order chi connectivity index (χ0) is 13.4. The highest BCUT2D eigenvalue weighted by molar-refractivity contribution is 5.81. The number of fused-ring (bicyclic) bond motifs is 1. The monoisotopic (exact) mass is 259 g/mol. The first-order valence-electron chi connectivity index (χ1n) is 6.73. The highest BCUT2D eigenvalue weighted by Crippen LogP contribution is 2.34. The Morgan fingerprint density at radius 3 is 2.16 bits per heavy atom. The largest absolute Gasteiger partial charge is 0.481 e. The van der Waals surface area contributed by atoms with Gasteiger partial charge >= 0.3 is 5.97 Å². The van der Waals surface area contributed by atoms with Crippen LogP contribution in [0.25, 0.3) is 0 Å². The number of rotatable bonds is 2. The van der Waals surface area contributed by atoms with Gasteiger partial charge in [0.25, 0.3) is 0 Å². The van der Waals surface area contributed by atoms with Crippen molar-refractivity contribution >= 4 is 11.9 Å². The molecule has 0 saturated heterocycles. The molecule has 2 aliphatic rings. The van der Waals surface area contributed by atoms with Crippen LogP contribution in [0.1, 0.15) is 30.4 Å². The van der Waals surface area contributed by atoms with Crippen LogP contribution in [0.2, 0.25) is 0 Å². The smallest absolute Gasteiger partial charge is 0.306 e. The van der Waals surface area contributed by atoms with E-state index in [0.717, 1.165) is 0 Å². The average Bonchev–Trinajstić information content (AvgIpc) is 3.04. The highest BCUT2D eigenvalue weighted by Gasteiger charge is 2.37. The van der Waals surface area contributed by atoms with E-state index in [0.29, 0.717) is 32.4 Å². The zero-order valence-corrected chi connectivity index (χ0v) is 10.7. The van der Waals surface area contributed by atoms with Crippen molar-refractivity contribution in [2.24, 2.45) is 11.8 Å². The summed E-state index contributed by atoms with van der Waals surface area (Å²) in [6, 6.07) is 8.08. The third-order valence-corrected chi connectivity index (χ3v) is 4.28. The molecule has 4 nitrogen and oxygen atoms in total. The van der Waals surface area contributed by atoms with Crippen molar-refractivity contribution in [3.8, 4) is 0 Å². The van der Waals surface area contributed by atoms with Gasteiger partial charge in [0, 0.05) is 19.0 Å². The predicted octanol–water partition coefficient (Wildman–Crippen LogP) is 2.03. The van der Waals surface area contributed by atoms with Gasteiger partial charge in [0.1, 0.15) is 0 Å². The fourth-order valence-corrected chi connectivity index (χ4v) is 3.18. The Kier molecular flexibility index (Phi) is 3.01. The summed E-state index contributed by atoms with van der Waals surface area (Å²) in [5.41, 5.74) is 2.42. The molecule has 0 radical (unpaired) electrons. The van der Waals surface area contributed by atoms with Gasteiger partial charge in [-0.3, -0.25) is 9.59 Å². The van der Waals surface area contributed by atoms with Crippen LogP contribution >= 0.6 is 0 Å². The van der Waals surface area contributed by atoms with Crippen molar-refractivity contribution < 1.29 is 14.7 Å². The Morgan fingerprint density at radius 1 is 1.05 bits per heavy atom. The first kappa shape index (κ1) is 12.2. The van der Waals surface area contributed by atoms with Crippen molar-refractivity contribution in [3.05, 3.63) is 35.4 Å². The van der Waals surface area contributed by atoms with Crippen LogP contribution in [0.4, 0.5) is 0 Å². The van der Waals surface area contributed by atoms with Crippen LogP contribution in [0, 0.1) is 11.8 Å². The number of amides is 1. The molecule has 1 aromatic rings. The lowest BCUT2D eigenvalue weighted by Gasteiger charge is -2.19. The molecular formula is C15H17NO3. The highest BCUT2D eigenvalue weighted by atomic mass is 16.4. The van der Waals surface area contributed by atoms with Gasteiger partial charge in [-0.25, -0.2) is 0 Å². The van der Waals surface area contributed by atoms with Gasteiger partial charge < -0.3 is 10.0 Å². The number of benzene rings is 1. The lowest BCUT2D eigenvalue weighted by Crippen LogP contribution is -2.31. The summed E-state index contributed by atoms with van der Waals surface area (Å²) in [7, 11) is 0. The van der Waals surface area contributed by atoms with E-state index >= 15 is 0 Å². The zero-order valence-electron chi connectivity index (χ0n) is 10.7. The number of aliphatic carboxylic acids is 1. The molecule has 1 saturated carbocycles. The molecule has 3 rings (SSSR count). The number of carbonyl (C=O) groups is 2. The lowest BCUT2D eigenvalue weighted by atomic mass is 10.0. The van der Waals surface area contributed by atoms with Crippen LogP contribution in [-0.2, 0) is 22.7 Å². The van der Waals surface area contributed by atoms with Gasteiger partial charge in [0.15, 0.2) is 0 Å². The minimum atomic E-state index is -0.764. The van der Waals surface area contributed by atoms with Gasteiger partial charge in [-0.2, -0.15) is 0 Å². The number of hydrogen-bond acceptors (Lipinski definition) is 2. The number of carbonyl (C=O) groups excluding carboxylic acids is 1. The molecular weight excluding hydrogens is 242 g/mol. The SMILES string of the molecule is O=C(O)C1CCC(C(=O)N2Cc3ccccc3C2)C1. The molecule has 1 heterocycles. The van der Waals surface area contributed by atoms with Crippen LogP contribution in [0.3, 0.4) is 0 Å². The minimum absolute atomic E-state index is 0.101. The van der Waals surface area contributed by atoms with E-state index in [4.69, 9.17) is 5.11 Å². The second-order valence-electron chi connectivity index (χ2n) is 5.51. The summed E-state index contributed by atoms with van der Waals surface area (Å²) >= 11 is 0. The molecule has 1 aromatic carbocycles. The van der Waals surface area contributed by atoms with Crippen LogP contribution in [-0.4, -0.2) is 21.9 Å². The third-order valence-electron chi connectivity index (χ3n) is 4.28. The normalized spacial score (nSPS) is 25.4. The molecule has 0 spiro atoms. The molecule has 1 aliphatic carbocycles. The number of carboxylic acid groups (broad SMARTS) is 1. The fraction of sp³-hybridized carbons (Fsp3) is 0.467. The summed E-state index contributed by atoms with van der Waals surface area (Å²) in [5.74, 6) is -1.07. The van der Waals surface area contributed by atoms with Crippen molar-refractivity contribution in [2.75, 3.05) is 0 Å². The third kappa shape index (κ3) is 2.23. The van der Waals surface area contributed by atoms with Gasteiger partial charge in [-0.1, -0.05) is 24.3 Å². The molecule has 1 fully saturated rings. The standard InChI is InChI=1S/C15H17NO3/c17-14(10-5-6-11(7-10)15(18)19)16-8-12-3-1-2-4-13(12)9-16/h1-4,10-11H,5-9H2,(H,18,19). The van der Waals surface area contributed by atoms with E-state index in [9.17, 15) is 9.59 Å². The maximum absolute atomic E-state index is 12.4. The molecule has 2 unspecified atom stereocenters. The summed E-state index contributed by atoms with van der Waals surface area (Å²) in [4.78, 5) is 25.2. The molecule has 19 heavy (non-hydrogen) atoms. The Bertz CT molecular complexity index is 501. The van der Waals surface area contributed by atoms with E-state index in [2.05, 4.69) is 12.1 Å². The molecule has 0 bridgehead atoms. The van der Waals surface area contributed by atoms with Crippen LogP contribution < -0.4 is 0 Å². The average molecular weight is 259 g/mol. The van der Waals surface area contributed by atoms with E-state index < -0.39 is 5.97 Å². The van der Waals surface area contributed by atoms with E-state index in [1.54, 1.807) is 0 Å². The molecule has 100 valence electrons. The van der Waals surface area contributed by atoms with E-state index in [-0.39, 0.29) is 17.7 Å². The quantitative estimate of drug-likeness (QED) is 0.884. The Labute approximate surface area is 112 Å². The van der Waals surface area contributed by atoms with Gasteiger partial charge in [-0.15, -0.1) is 0 Å². The summed E-state index contributed by atoms with van der Waals surface area (Å²) in [5, 5.41) is 9.00. The van der Waals surface area contributed by atoms with E-state index in [1.165, 1.54) is 11.1 Å². The first-order valence-corrected chi connectivity index (χ1v) is 6.73. The minimum Gasteiger partial charge on any atom is -0.481 e. The number of hydrogen-bond donors (Lipinski definition) is 1. The van der Waals surface area contributed by atoms with Crippen LogP contribution in [0.5, 0.6) is 0 Å². The molecule has 4 heteroatoms. The molecule has 1 amide bonds. The molecule has 2 atom stereocenters. The topological polar surface area (TPSA) is 57.6 Å². The molecule has 0 aromatic heterocycles. The number of nitrogens with zero attached hydrogens (tertiary/aromatic N) is 1. The second kappa shape index (κ2) is 4.68. The lowest BCUT2D eigenvalue weighted by molar-refractivity contribution is -0.141. The Balaban J connectivity index is 1.66. The molecule has 1 N–H and O–H groups in total. The van der Waals surface area contributed by atoms with E-state index in [1.807, 2.05) is 17.0 Å².